The zero-order chi connectivity index (χ0) is 23.6. The van der Waals surface area contributed by atoms with E-state index in [0.717, 1.165) is 24.3 Å². The third-order valence-electron chi connectivity index (χ3n) is 7.30. The van der Waals surface area contributed by atoms with Crippen molar-refractivity contribution >= 4 is 31.8 Å². The first-order chi connectivity index (χ1) is 16.1. The highest BCUT2D eigenvalue weighted by Gasteiger charge is 2.36. The number of hydrogen-bond acceptors (Lipinski definition) is 6. The van der Waals surface area contributed by atoms with Crippen molar-refractivity contribution in [2.45, 2.75) is 93.9 Å². The largest absolute Gasteiger partial charge is 0.497 e. The molecule has 2 saturated heterocycles. The van der Waals surface area contributed by atoms with Gasteiger partial charge in [-0.2, -0.15) is 0 Å². The Hall–Kier alpha value is -0.183. The Labute approximate surface area is 211 Å². The smallest absolute Gasteiger partial charge is 0.191 e. The van der Waals surface area contributed by atoms with E-state index in [4.69, 9.17) is 18.6 Å². The highest BCUT2D eigenvalue weighted by molar-refractivity contribution is 8.18. The van der Waals surface area contributed by atoms with Crippen LogP contribution in [0.1, 0.15) is 71.1 Å². The summed E-state index contributed by atoms with van der Waals surface area (Å²) >= 11 is 4.39. The van der Waals surface area contributed by atoms with Gasteiger partial charge in [0.2, 0.25) is 0 Å². The highest BCUT2D eigenvalue weighted by Crippen LogP contribution is 2.49. The maximum absolute atomic E-state index is 6.49. The molecule has 0 radical (unpaired) electrons. The summed E-state index contributed by atoms with van der Waals surface area (Å²) in [5.41, 5.74) is 1.07. The molecule has 4 nitrogen and oxygen atoms in total. The van der Waals surface area contributed by atoms with E-state index in [1.165, 1.54) is 61.7 Å². The van der Waals surface area contributed by atoms with E-state index in [1.54, 1.807) is 7.11 Å². The molecule has 0 saturated carbocycles. The molecular formula is C26H44O4S2Si. The van der Waals surface area contributed by atoms with Gasteiger partial charge in [0.15, 0.2) is 14.6 Å². The molecule has 7 heteroatoms. The molecule has 2 aliphatic heterocycles. The lowest BCUT2D eigenvalue weighted by molar-refractivity contribution is -0.0614. The average molecular weight is 513 g/mol. The van der Waals surface area contributed by atoms with Crippen LogP contribution in [-0.2, 0) is 13.9 Å². The zero-order valence-electron chi connectivity index (χ0n) is 21.1. The molecule has 1 aromatic carbocycles. The Morgan fingerprint density at radius 3 is 2.33 bits per heavy atom. The lowest BCUT2D eigenvalue weighted by Gasteiger charge is -2.37. The molecular weight excluding hydrogens is 469 g/mol. The lowest BCUT2D eigenvalue weighted by atomic mass is 10.1. The quantitative estimate of drug-likeness (QED) is 0.188. The number of benzene rings is 1. The molecule has 0 aromatic heterocycles. The van der Waals surface area contributed by atoms with Crippen LogP contribution in [0.15, 0.2) is 24.3 Å². The molecule has 0 spiro atoms. The Bertz CT molecular complexity index is 669. The van der Waals surface area contributed by atoms with Gasteiger partial charge in [-0.05, 0) is 80.3 Å². The molecule has 2 heterocycles. The minimum Gasteiger partial charge on any atom is -0.497 e. The molecule has 2 fully saturated rings. The number of rotatable bonds is 14. The van der Waals surface area contributed by atoms with Crippen LogP contribution in [0.5, 0.6) is 5.75 Å². The predicted molar refractivity (Wildman–Crippen MR) is 145 cm³/mol. The lowest BCUT2D eigenvalue weighted by Crippen LogP contribution is -2.36. The molecule has 0 aliphatic carbocycles. The van der Waals surface area contributed by atoms with Crippen molar-refractivity contribution in [3.63, 3.8) is 0 Å². The van der Waals surface area contributed by atoms with Crippen LogP contribution in [0, 0.1) is 0 Å². The van der Waals surface area contributed by atoms with Gasteiger partial charge in [0.25, 0.3) is 0 Å². The van der Waals surface area contributed by atoms with Crippen molar-refractivity contribution in [3.8, 4) is 5.75 Å². The third kappa shape index (κ3) is 7.91. The monoisotopic (exact) mass is 512 g/mol. The summed E-state index contributed by atoms with van der Waals surface area (Å²) in [6.45, 7) is 8.59. The molecule has 0 bridgehead atoms. The zero-order valence-corrected chi connectivity index (χ0v) is 23.7. The van der Waals surface area contributed by atoms with Gasteiger partial charge in [0, 0.05) is 12.2 Å². The standard InChI is InChI=1S/C26H44O4S2Si/c1-5-33(6-2,7-3)29-18-9-8-16-26(31-19-10-20-32-26)17-15-24-21-28-25(30-24)22-11-13-23(27-4)14-12-22/h11-14,24-25H,5-10,15-21H2,1-4H3/t24-,25?/m0/s1. The summed E-state index contributed by atoms with van der Waals surface area (Å²) in [7, 11) is 0.242. The van der Waals surface area contributed by atoms with Gasteiger partial charge in [0.1, 0.15) is 5.75 Å². The number of ether oxygens (including phenoxy) is 3. The van der Waals surface area contributed by atoms with E-state index in [2.05, 4.69) is 44.3 Å². The second-order valence-corrected chi connectivity index (χ2v) is 17.2. The Morgan fingerprint density at radius 1 is 1.00 bits per heavy atom. The van der Waals surface area contributed by atoms with Gasteiger partial charge in [-0.15, -0.1) is 23.5 Å². The first-order valence-electron chi connectivity index (χ1n) is 12.9. The Balaban J connectivity index is 1.44. The van der Waals surface area contributed by atoms with Crippen LogP contribution in [0.25, 0.3) is 0 Å². The van der Waals surface area contributed by atoms with Gasteiger partial charge in [-0.1, -0.05) is 32.9 Å². The van der Waals surface area contributed by atoms with E-state index in [-0.39, 0.29) is 12.4 Å². The highest BCUT2D eigenvalue weighted by atomic mass is 32.2. The fourth-order valence-electron chi connectivity index (χ4n) is 4.79. The normalized spacial score (nSPS) is 23.0. The maximum atomic E-state index is 6.49. The van der Waals surface area contributed by atoms with Crippen molar-refractivity contribution in [3.05, 3.63) is 29.8 Å². The molecule has 2 atom stereocenters. The number of unbranched alkanes of at least 4 members (excludes halogenated alkanes) is 1. The summed E-state index contributed by atoms with van der Waals surface area (Å²) in [4.78, 5) is 0. The van der Waals surface area contributed by atoms with Crippen LogP contribution >= 0.6 is 23.5 Å². The number of hydrogen-bond donors (Lipinski definition) is 0. The summed E-state index contributed by atoms with van der Waals surface area (Å²) in [6.07, 6.45) is 7.27. The van der Waals surface area contributed by atoms with E-state index in [9.17, 15) is 0 Å². The van der Waals surface area contributed by atoms with Gasteiger partial charge in [-0.3, -0.25) is 0 Å². The van der Waals surface area contributed by atoms with Crippen molar-refractivity contribution < 1.29 is 18.6 Å². The second-order valence-electron chi connectivity index (χ2n) is 9.25. The van der Waals surface area contributed by atoms with Gasteiger partial charge < -0.3 is 18.6 Å². The Kier molecular flexibility index (Phi) is 11.4. The summed E-state index contributed by atoms with van der Waals surface area (Å²) in [5, 5.41) is 0. The van der Waals surface area contributed by atoms with Crippen LogP contribution in [0.4, 0.5) is 0 Å². The first kappa shape index (κ1) is 27.4. The molecule has 2 aliphatic rings. The fraction of sp³-hybridized carbons (Fsp3) is 0.769. The van der Waals surface area contributed by atoms with Crippen LogP contribution in [0.2, 0.25) is 18.1 Å². The van der Waals surface area contributed by atoms with Crippen LogP contribution < -0.4 is 4.74 Å². The third-order valence-corrected chi connectivity index (χ3v) is 15.5. The van der Waals surface area contributed by atoms with E-state index in [1.807, 2.05) is 24.3 Å². The van der Waals surface area contributed by atoms with E-state index in [0.29, 0.717) is 10.7 Å². The predicted octanol–water partition coefficient (Wildman–Crippen LogP) is 7.65. The minimum atomic E-state index is -1.45. The second kappa shape index (κ2) is 13.8. The summed E-state index contributed by atoms with van der Waals surface area (Å²) in [5.74, 6) is 3.44. The molecule has 0 amide bonds. The maximum Gasteiger partial charge on any atom is 0.191 e. The van der Waals surface area contributed by atoms with Crippen molar-refractivity contribution in [1.82, 2.24) is 0 Å². The van der Waals surface area contributed by atoms with Gasteiger partial charge >= 0.3 is 0 Å². The van der Waals surface area contributed by atoms with E-state index >= 15 is 0 Å². The first-order valence-corrected chi connectivity index (χ1v) is 17.4. The van der Waals surface area contributed by atoms with Crippen LogP contribution in [-0.4, -0.2) is 50.3 Å². The molecule has 1 unspecified atom stereocenters. The topological polar surface area (TPSA) is 36.9 Å². The van der Waals surface area contributed by atoms with Crippen molar-refractivity contribution in [2.24, 2.45) is 0 Å². The Morgan fingerprint density at radius 2 is 1.70 bits per heavy atom. The average Bonchev–Trinajstić information content (AvgIpc) is 3.35. The minimum absolute atomic E-state index is 0.186. The SMILES string of the molecule is CC[Si](CC)(CC)OCCCCC1(CC[C@H]2COC(c3ccc(OC)cc3)O2)SCCCS1. The van der Waals surface area contributed by atoms with Crippen LogP contribution in [0.3, 0.4) is 0 Å². The molecule has 33 heavy (non-hydrogen) atoms. The molecule has 3 rings (SSSR count). The molecule has 1 aromatic rings. The van der Waals surface area contributed by atoms with Gasteiger partial charge in [0.05, 0.1) is 23.9 Å². The van der Waals surface area contributed by atoms with Gasteiger partial charge in [-0.25, -0.2) is 0 Å². The number of thioether (sulfide) groups is 2. The van der Waals surface area contributed by atoms with Crippen molar-refractivity contribution in [1.29, 1.82) is 0 Å². The van der Waals surface area contributed by atoms with Crippen molar-refractivity contribution in [2.75, 3.05) is 31.8 Å². The molecule has 0 N–H and O–H groups in total. The summed E-state index contributed by atoms with van der Waals surface area (Å²) < 4.78 is 24.4. The summed E-state index contributed by atoms with van der Waals surface area (Å²) in [6, 6.07) is 11.8. The molecule has 188 valence electrons. The number of methoxy groups -OCH3 is 1. The van der Waals surface area contributed by atoms with E-state index < -0.39 is 8.32 Å². The fourth-order valence-corrected chi connectivity index (χ4v) is 10.9.